The van der Waals surface area contributed by atoms with Crippen molar-refractivity contribution in [3.63, 3.8) is 0 Å². The molecule has 14 heavy (non-hydrogen) atoms. The van der Waals surface area contributed by atoms with E-state index >= 15 is 0 Å². The third-order valence-corrected chi connectivity index (χ3v) is 2.98. The SMILES string of the molecule is COC(=O)c1sc2ncccc2c1N. The first-order chi connectivity index (χ1) is 6.74. The molecule has 72 valence electrons. The summed E-state index contributed by atoms with van der Waals surface area (Å²) in [6.07, 6.45) is 1.67. The second-order valence-corrected chi connectivity index (χ2v) is 3.69. The summed E-state index contributed by atoms with van der Waals surface area (Å²) in [4.78, 5) is 16.6. The van der Waals surface area contributed by atoms with Gasteiger partial charge in [0, 0.05) is 11.6 Å². The Labute approximate surface area is 84.3 Å². The van der Waals surface area contributed by atoms with E-state index in [2.05, 4.69) is 9.72 Å². The maximum absolute atomic E-state index is 11.3. The highest BCUT2D eigenvalue weighted by atomic mass is 32.1. The van der Waals surface area contributed by atoms with Gasteiger partial charge in [0.15, 0.2) is 0 Å². The number of aromatic nitrogens is 1. The highest BCUT2D eigenvalue weighted by Crippen LogP contribution is 2.32. The fourth-order valence-corrected chi connectivity index (χ4v) is 2.18. The van der Waals surface area contributed by atoms with Crippen molar-refractivity contribution in [1.29, 1.82) is 0 Å². The zero-order valence-electron chi connectivity index (χ0n) is 7.48. The van der Waals surface area contributed by atoms with Gasteiger partial charge in [-0.25, -0.2) is 9.78 Å². The van der Waals surface area contributed by atoms with Gasteiger partial charge in [-0.2, -0.15) is 0 Å². The molecule has 2 heterocycles. The van der Waals surface area contributed by atoms with Gasteiger partial charge >= 0.3 is 5.97 Å². The molecular weight excluding hydrogens is 200 g/mol. The Hall–Kier alpha value is -1.62. The van der Waals surface area contributed by atoms with Crippen LogP contribution in [-0.4, -0.2) is 18.1 Å². The van der Waals surface area contributed by atoms with E-state index in [9.17, 15) is 4.79 Å². The molecule has 0 radical (unpaired) electrons. The van der Waals surface area contributed by atoms with E-state index in [1.165, 1.54) is 18.4 Å². The first-order valence-corrected chi connectivity index (χ1v) is 4.77. The van der Waals surface area contributed by atoms with Gasteiger partial charge in [0.2, 0.25) is 0 Å². The number of esters is 1. The summed E-state index contributed by atoms with van der Waals surface area (Å²) in [6, 6.07) is 3.62. The van der Waals surface area contributed by atoms with Crippen LogP contribution < -0.4 is 5.73 Å². The second-order valence-electron chi connectivity index (χ2n) is 2.69. The predicted molar refractivity (Wildman–Crippen MR) is 55.4 cm³/mol. The number of nitrogens with zero attached hydrogens (tertiary/aromatic N) is 1. The van der Waals surface area contributed by atoms with Crippen LogP contribution in [0.25, 0.3) is 10.2 Å². The summed E-state index contributed by atoms with van der Waals surface area (Å²) in [5, 5.41) is 0.804. The Kier molecular flexibility index (Phi) is 2.09. The number of fused-ring (bicyclic) bond motifs is 1. The molecule has 0 amide bonds. The molecule has 4 nitrogen and oxygen atoms in total. The number of anilines is 1. The molecule has 2 aromatic rings. The molecule has 2 aromatic heterocycles. The number of thiophene rings is 1. The van der Waals surface area contributed by atoms with E-state index in [-0.39, 0.29) is 0 Å². The molecule has 0 aliphatic heterocycles. The lowest BCUT2D eigenvalue weighted by atomic mass is 10.3. The Morgan fingerprint density at radius 2 is 2.43 bits per heavy atom. The summed E-state index contributed by atoms with van der Waals surface area (Å²) < 4.78 is 4.61. The van der Waals surface area contributed by atoms with Gasteiger partial charge in [-0.3, -0.25) is 0 Å². The van der Waals surface area contributed by atoms with Crippen molar-refractivity contribution in [2.24, 2.45) is 0 Å². The smallest absolute Gasteiger partial charge is 0.350 e. The van der Waals surface area contributed by atoms with Gasteiger partial charge in [-0.15, -0.1) is 11.3 Å². The lowest BCUT2D eigenvalue weighted by Crippen LogP contribution is -2.01. The van der Waals surface area contributed by atoms with Crippen molar-refractivity contribution in [2.75, 3.05) is 12.8 Å². The highest BCUT2D eigenvalue weighted by Gasteiger charge is 2.16. The number of ether oxygens (including phenoxy) is 1. The quantitative estimate of drug-likeness (QED) is 0.724. The Morgan fingerprint density at radius 1 is 1.64 bits per heavy atom. The molecule has 0 bridgehead atoms. The minimum atomic E-state index is -0.412. The molecular formula is C9H8N2O2S. The van der Waals surface area contributed by atoms with Crippen LogP contribution in [0.3, 0.4) is 0 Å². The molecule has 0 fully saturated rings. The van der Waals surface area contributed by atoms with Crippen LogP contribution in [0.15, 0.2) is 18.3 Å². The molecule has 0 atom stereocenters. The van der Waals surface area contributed by atoms with Gasteiger partial charge in [-0.05, 0) is 12.1 Å². The number of rotatable bonds is 1. The Morgan fingerprint density at radius 3 is 3.07 bits per heavy atom. The lowest BCUT2D eigenvalue weighted by molar-refractivity contribution is 0.0607. The lowest BCUT2D eigenvalue weighted by Gasteiger charge is -1.95. The van der Waals surface area contributed by atoms with E-state index in [0.717, 1.165) is 10.2 Å². The first-order valence-electron chi connectivity index (χ1n) is 3.95. The number of carbonyl (C=O) groups is 1. The Balaban J connectivity index is 2.68. The summed E-state index contributed by atoms with van der Waals surface area (Å²) >= 11 is 1.25. The van der Waals surface area contributed by atoms with Crippen LogP contribution in [0.1, 0.15) is 9.67 Å². The molecule has 0 aliphatic carbocycles. The molecule has 0 saturated carbocycles. The zero-order valence-corrected chi connectivity index (χ0v) is 8.30. The largest absolute Gasteiger partial charge is 0.465 e. The second kappa shape index (κ2) is 3.26. The van der Waals surface area contributed by atoms with Gasteiger partial charge in [0.1, 0.15) is 9.71 Å². The highest BCUT2D eigenvalue weighted by molar-refractivity contribution is 7.21. The molecule has 0 spiro atoms. The summed E-state index contributed by atoms with van der Waals surface area (Å²) in [5.74, 6) is -0.412. The van der Waals surface area contributed by atoms with Crippen molar-refractivity contribution in [3.8, 4) is 0 Å². The maximum Gasteiger partial charge on any atom is 0.350 e. The minimum Gasteiger partial charge on any atom is -0.465 e. The third-order valence-electron chi connectivity index (χ3n) is 1.88. The molecule has 2 rings (SSSR count). The number of carbonyl (C=O) groups excluding carboxylic acids is 1. The maximum atomic E-state index is 11.3. The average molecular weight is 208 g/mol. The van der Waals surface area contributed by atoms with Crippen LogP contribution in [0.4, 0.5) is 5.69 Å². The van der Waals surface area contributed by atoms with Gasteiger partial charge in [-0.1, -0.05) is 0 Å². The standard InChI is InChI=1S/C9H8N2O2S/c1-13-9(12)7-6(10)5-3-2-4-11-8(5)14-7/h2-4H,10H2,1H3. The monoisotopic (exact) mass is 208 g/mol. The number of hydrogen-bond donors (Lipinski definition) is 1. The minimum absolute atomic E-state index is 0.412. The van der Waals surface area contributed by atoms with E-state index in [1.807, 2.05) is 6.07 Å². The fraction of sp³-hybridized carbons (Fsp3) is 0.111. The van der Waals surface area contributed by atoms with Crippen LogP contribution in [0.2, 0.25) is 0 Å². The normalized spacial score (nSPS) is 10.4. The number of nitrogen functional groups attached to an aromatic ring is 1. The first kappa shape index (κ1) is 8.96. The van der Waals surface area contributed by atoms with Crippen molar-refractivity contribution in [1.82, 2.24) is 4.98 Å². The molecule has 0 aromatic carbocycles. The molecule has 0 saturated heterocycles. The van der Waals surface area contributed by atoms with Crippen LogP contribution >= 0.6 is 11.3 Å². The molecule has 0 unspecified atom stereocenters. The Bertz CT molecular complexity index is 493. The average Bonchev–Trinajstić information content (AvgIpc) is 2.56. The van der Waals surface area contributed by atoms with Gasteiger partial charge < -0.3 is 10.5 Å². The zero-order chi connectivity index (χ0) is 10.1. The van der Waals surface area contributed by atoms with Gasteiger partial charge in [0.05, 0.1) is 12.8 Å². The molecule has 2 N–H and O–H groups in total. The van der Waals surface area contributed by atoms with Crippen LogP contribution in [0, 0.1) is 0 Å². The molecule has 5 heteroatoms. The summed E-state index contributed by atoms with van der Waals surface area (Å²) in [7, 11) is 1.33. The van der Waals surface area contributed by atoms with Crippen molar-refractivity contribution in [3.05, 3.63) is 23.2 Å². The topological polar surface area (TPSA) is 65.2 Å². The van der Waals surface area contributed by atoms with E-state index in [4.69, 9.17) is 5.73 Å². The number of methoxy groups -OCH3 is 1. The molecule has 0 aliphatic rings. The summed E-state index contributed by atoms with van der Waals surface area (Å²) in [6.45, 7) is 0. The summed E-state index contributed by atoms with van der Waals surface area (Å²) in [5.41, 5.74) is 6.23. The van der Waals surface area contributed by atoms with Crippen LogP contribution in [0.5, 0.6) is 0 Å². The van der Waals surface area contributed by atoms with Gasteiger partial charge in [0.25, 0.3) is 0 Å². The number of pyridine rings is 1. The van der Waals surface area contributed by atoms with Crippen molar-refractivity contribution >= 4 is 33.2 Å². The van der Waals surface area contributed by atoms with E-state index in [0.29, 0.717) is 10.6 Å². The number of hydrogen-bond acceptors (Lipinski definition) is 5. The third kappa shape index (κ3) is 1.22. The van der Waals surface area contributed by atoms with E-state index in [1.54, 1.807) is 12.3 Å². The van der Waals surface area contributed by atoms with Crippen molar-refractivity contribution in [2.45, 2.75) is 0 Å². The van der Waals surface area contributed by atoms with E-state index < -0.39 is 5.97 Å². The predicted octanol–water partition coefficient (Wildman–Crippen LogP) is 1.67. The fourth-order valence-electron chi connectivity index (χ4n) is 1.20. The van der Waals surface area contributed by atoms with Crippen LogP contribution in [-0.2, 0) is 4.74 Å². The van der Waals surface area contributed by atoms with Crippen molar-refractivity contribution < 1.29 is 9.53 Å². The number of nitrogens with two attached hydrogens (primary N) is 1.